The van der Waals surface area contributed by atoms with Gasteiger partial charge in [0.1, 0.15) is 5.75 Å². The van der Waals surface area contributed by atoms with E-state index in [1.54, 1.807) is 24.3 Å². The molecule has 0 aromatic heterocycles. The molecule has 0 spiro atoms. The van der Waals surface area contributed by atoms with Gasteiger partial charge in [-0.1, -0.05) is 36.9 Å². The van der Waals surface area contributed by atoms with Gasteiger partial charge in [0, 0.05) is 10.7 Å². The van der Waals surface area contributed by atoms with Crippen LogP contribution in [0.2, 0.25) is 5.02 Å². The van der Waals surface area contributed by atoms with Crippen LogP contribution in [0.15, 0.2) is 49.6 Å². The standard InChI is InChI=1S/C17H14ClNO2/c1-3-11-7-12(4-2)9-14(8-11)19-17(21)15-10-13(18)5-6-16(15)20/h3-10,20H,1-2H2,(H,19,21). The lowest BCUT2D eigenvalue weighted by Gasteiger charge is -2.09. The van der Waals surface area contributed by atoms with Gasteiger partial charge in [-0.15, -0.1) is 0 Å². The molecule has 2 N–H and O–H groups in total. The molecule has 106 valence electrons. The molecule has 2 rings (SSSR count). The number of halogens is 1. The monoisotopic (exact) mass is 299 g/mol. The average molecular weight is 300 g/mol. The van der Waals surface area contributed by atoms with E-state index in [1.165, 1.54) is 18.2 Å². The van der Waals surface area contributed by atoms with Crippen LogP contribution in [0.4, 0.5) is 5.69 Å². The fourth-order valence-electron chi connectivity index (χ4n) is 1.87. The van der Waals surface area contributed by atoms with Crippen LogP contribution in [-0.4, -0.2) is 11.0 Å². The summed E-state index contributed by atoms with van der Waals surface area (Å²) in [4.78, 5) is 12.2. The summed E-state index contributed by atoms with van der Waals surface area (Å²) in [6.07, 6.45) is 3.36. The van der Waals surface area contributed by atoms with Crippen LogP contribution in [0.3, 0.4) is 0 Å². The molecule has 0 atom stereocenters. The van der Waals surface area contributed by atoms with Crippen molar-refractivity contribution in [2.75, 3.05) is 5.32 Å². The van der Waals surface area contributed by atoms with E-state index in [2.05, 4.69) is 18.5 Å². The summed E-state index contributed by atoms with van der Waals surface area (Å²) >= 11 is 5.84. The molecular formula is C17H14ClNO2. The molecule has 0 bridgehead atoms. The number of nitrogens with one attached hydrogen (secondary N) is 1. The van der Waals surface area contributed by atoms with E-state index in [0.717, 1.165) is 11.1 Å². The van der Waals surface area contributed by atoms with Gasteiger partial charge in [-0.25, -0.2) is 0 Å². The Morgan fingerprint density at radius 3 is 2.29 bits per heavy atom. The number of hydrogen-bond donors (Lipinski definition) is 2. The first-order valence-electron chi connectivity index (χ1n) is 6.23. The number of carbonyl (C=O) groups excluding carboxylic acids is 1. The quantitative estimate of drug-likeness (QED) is 0.868. The maximum atomic E-state index is 12.2. The Bertz CT molecular complexity index is 696. The third kappa shape index (κ3) is 3.52. The van der Waals surface area contributed by atoms with Gasteiger partial charge < -0.3 is 10.4 Å². The van der Waals surface area contributed by atoms with E-state index in [9.17, 15) is 9.90 Å². The third-order valence-corrected chi connectivity index (χ3v) is 3.15. The second-order valence-electron chi connectivity index (χ2n) is 4.41. The van der Waals surface area contributed by atoms with Gasteiger partial charge in [0.2, 0.25) is 0 Å². The Morgan fingerprint density at radius 1 is 1.10 bits per heavy atom. The number of phenolic OH excluding ortho intramolecular Hbond substituents is 1. The molecule has 0 fully saturated rings. The van der Waals surface area contributed by atoms with E-state index in [0.29, 0.717) is 10.7 Å². The maximum absolute atomic E-state index is 12.2. The Kier molecular flexibility index (Phi) is 4.45. The highest BCUT2D eigenvalue weighted by molar-refractivity contribution is 6.31. The normalized spacial score (nSPS) is 9.95. The van der Waals surface area contributed by atoms with Gasteiger partial charge in [0.15, 0.2) is 0 Å². The van der Waals surface area contributed by atoms with Crippen LogP contribution < -0.4 is 5.32 Å². The van der Waals surface area contributed by atoms with Crippen LogP contribution in [-0.2, 0) is 0 Å². The van der Waals surface area contributed by atoms with Gasteiger partial charge in [-0.2, -0.15) is 0 Å². The predicted molar refractivity (Wildman–Crippen MR) is 87.7 cm³/mol. The SMILES string of the molecule is C=Cc1cc(C=C)cc(NC(=O)c2cc(Cl)ccc2O)c1. The van der Waals surface area contributed by atoms with Crippen molar-refractivity contribution in [3.63, 3.8) is 0 Å². The van der Waals surface area contributed by atoms with Crippen LogP contribution >= 0.6 is 11.6 Å². The molecule has 0 saturated carbocycles. The Labute approximate surface area is 128 Å². The fourth-order valence-corrected chi connectivity index (χ4v) is 2.05. The first kappa shape index (κ1) is 14.9. The van der Waals surface area contributed by atoms with Gasteiger partial charge in [0.05, 0.1) is 5.56 Å². The van der Waals surface area contributed by atoms with E-state index in [1.807, 2.05) is 6.07 Å². The van der Waals surface area contributed by atoms with Crippen molar-refractivity contribution in [3.8, 4) is 5.75 Å². The molecule has 4 heteroatoms. The molecule has 2 aromatic rings. The summed E-state index contributed by atoms with van der Waals surface area (Å²) in [5, 5.41) is 12.8. The van der Waals surface area contributed by atoms with Gasteiger partial charge in [0.25, 0.3) is 5.91 Å². The maximum Gasteiger partial charge on any atom is 0.259 e. The molecule has 21 heavy (non-hydrogen) atoms. The summed E-state index contributed by atoms with van der Waals surface area (Å²) in [6, 6.07) is 9.76. The Morgan fingerprint density at radius 2 is 1.71 bits per heavy atom. The molecule has 0 aliphatic carbocycles. The average Bonchev–Trinajstić information content (AvgIpc) is 2.49. The van der Waals surface area contributed by atoms with Crippen molar-refractivity contribution >= 4 is 35.3 Å². The fraction of sp³-hybridized carbons (Fsp3) is 0. The molecule has 0 saturated heterocycles. The molecular weight excluding hydrogens is 286 g/mol. The number of carbonyl (C=O) groups is 1. The summed E-state index contributed by atoms with van der Waals surface area (Å²) < 4.78 is 0. The van der Waals surface area contributed by atoms with Crippen molar-refractivity contribution in [1.82, 2.24) is 0 Å². The second kappa shape index (κ2) is 6.29. The number of aromatic hydroxyl groups is 1. The molecule has 0 heterocycles. The zero-order chi connectivity index (χ0) is 15.4. The van der Waals surface area contributed by atoms with E-state index in [4.69, 9.17) is 11.6 Å². The van der Waals surface area contributed by atoms with Crippen LogP contribution in [0, 0.1) is 0 Å². The van der Waals surface area contributed by atoms with Gasteiger partial charge in [-0.3, -0.25) is 4.79 Å². The number of rotatable bonds is 4. The minimum Gasteiger partial charge on any atom is -0.507 e. The van der Waals surface area contributed by atoms with Gasteiger partial charge >= 0.3 is 0 Å². The molecule has 1 amide bonds. The number of amides is 1. The highest BCUT2D eigenvalue weighted by Crippen LogP contribution is 2.23. The lowest BCUT2D eigenvalue weighted by Crippen LogP contribution is -2.12. The van der Waals surface area contributed by atoms with Crippen molar-refractivity contribution in [2.45, 2.75) is 0 Å². The zero-order valence-electron chi connectivity index (χ0n) is 11.3. The lowest BCUT2D eigenvalue weighted by molar-refractivity contribution is 0.102. The molecule has 0 aliphatic rings. The summed E-state index contributed by atoms with van der Waals surface area (Å²) in [5.41, 5.74) is 2.43. The number of benzene rings is 2. The smallest absolute Gasteiger partial charge is 0.259 e. The van der Waals surface area contributed by atoms with E-state index >= 15 is 0 Å². The molecule has 0 unspecified atom stereocenters. The van der Waals surface area contributed by atoms with Crippen molar-refractivity contribution in [1.29, 1.82) is 0 Å². The summed E-state index contributed by atoms with van der Waals surface area (Å²) in [6.45, 7) is 7.41. The molecule has 0 aliphatic heterocycles. The Hall–Kier alpha value is -2.52. The van der Waals surface area contributed by atoms with Crippen LogP contribution in [0.5, 0.6) is 5.75 Å². The molecule has 0 radical (unpaired) electrons. The molecule has 2 aromatic carbocycles. The first-order chi connectivity index (χ1) is 10.0. The van der Waals surface area contributed by atoms with Crippen LogP contribution in [0.25, 0.3) is 12.2 Å². The largest absolute Gasteiger partial charge is 0.507 e. The van der Waals surface area contributed by atoms with Crippen molar-refractivity contribution < 1.29 is 9.90 Å². The van der Waals surface area contributed by atoms with Crippen molar-refractivity contribution in [3.05, 3.63) is 71.3 Å². The summed E-state index contributed by atoms with van der Waals surface area (Å²) in [7, 11) is 0. The van der Waals surface area contributed by atoms with E-state index < -0.39 is 5.91 Å². The summed E-state index contributed by atoms with van der Waals surface area (Å²) in [5.74, 6) is -0.563. The van der Waals surface area contributed by atoms with E-state index in [-0.39, 0.29) is 11.3 Å². The second-order valence-corrected chi connectivity index (χ2v) is 4.85. The lowest BCUT2D eigenvalue weighted by atomic mass is 10.1. The number of hydrogen-bond acceptors (Lipinski definition) is 2. The third-order valence-electron chi connectivity index (χ3n) is 2.91. The topological polar surface area (TPSA) is 49.3 Å². The highest BCUT2D eigenvalue weighted by Gasteiger charge is 2.12. The highest BCUT2D eigenvalue weighted by atomic mass is 35.5. The predicted octanol–water partition coefficient (Wildman–Crippen LogP) is 4.58. The van der Waals surface area contributed by atoms with Crippen LogP contribution in [0.1, 0.15) is 21.5 Å². The minimum absolute atomic E-state index is 0.117. The first-order valence-corrected chi connectivity index (χ1v) is 6.61. The minimum atomic E-state index is -0.439. The number of phenols is 1. The van der Waals surface area contributed by atoms with Gasteiger partial charge in [-0.05, 0) is 47.5 Å². The Balaban J connectivity index is 2.33. The van der Waals surface area contributed by atoms with Crippen molar-refractivity contribution in [2.24, 2.45) is 0 Å². The number of anilines is 1. The molecule has 3 nitrogen and oxygen atoms in total. The zero-order valence-corrected chi connectivity index (χ0v) is 12.0.